The maximum absolute atomic E-state index is 4.33. The first kappa shape index (κ1) is 20.2. The van der Waals surface area contributed by atoms with Crippen molar-refractivity contribution >= 4 is 40.9 Å². The van der Waals surface area contributed by atoms with Crippen LogP contribution in [0.4, 0.5) is 0 Å². The zero-order valence-corrected chi connectivity index (χ0v) is 18.2. The van der Waals surface area contributed by atoms with Crippen LogP contribution in [0.2, 0.25) is 0 Å². The minimum absolute atomic E-state index is 0.627. The molecule has 3 aromatic rings. The van der Waals surface area contributed by atoms with E-state index in [2.05, 4.69) is 79.2 Å². The average Bonchev–Trinajstić information content (AvgIpc) is 3.19. The lowest BCUT2D eigenvalue weighted by Crippen LogP contribution is -1.91. The Hall–Kier alpha value is -1.56. The molecule has 0 saturated carbocycles. The molecule has 2 aromatic carbocycles. The van der Waals surface area contributed by atoms with Gasteiger partial charge in [-0.15, -0.1) is 10.2 Å². The number of aromatic nitrogens is 2. The van der Waals surface area contributed by atoms with Crippen molar-refractivity contribution in [2.24, 2.45) is 0 Å². The number of nitrogens with zero attached hydrogens (tertiary/aromatic N) is 2. The summed E-state index contributed by atoms with van der Waals surface area (Å²) in [6, 6.07) is 17.4. The summed E-state index contributed by atoms with van der Waals surface area (Å²) in [5, 5.41) is 8.65. The molecule has 2 nitrogen and oxygen atoms in total. The summed E-state index contributed by atoms with van der Waals surface area (Å²) in [6.45, 7) is 8.30. The van der Waals surface area contributed by atoms with Crippen LogP contribution < -0.4 is 0 Å². The molecule has 140 valence electrons. The van der Waals surface area contributed by atoms with Crippen LogP contribution in [0.3, 0.4) is 0 Å². The monoisotopic (exact) mass is 412 g/mol. The molecular formula is C22H24N2S3. The van der Waals surface area contributed by atoms with Crippen molar-refractivity contribution in [2.45, 2.75) is 46.4 Å². The summed E-state index contributed by atoms with van der Waals surface area (Å²) in [7, 11) is 0. The second-order valence-corrected chi connectivity index (χ2v) is 9.83. The van der Waals surface area contributed by atoms with Crippen molar-refractivity contribution in [3.8, 4) is 0 Å². The molecule has 1 heterocycles. The minimum Gasteiger partial charge on any atom is -0.131 e. The second-order valence-electron chi connectivity index (χ2n) is 6.41. The van der Waals surface area contributed by atoms with E-state index in [1.54, 1.807) is 34.9 Å². The highest BCUT2D eigenvalue weighted by molar-refractivity contribution is 8.02. The number of hydrogen-bond acceptors (Lipinski definition) is 5. The van der Waals surface area contributed by atoms with Gasteiger partial charge in [0, 0.05) is 11.5 Å². The Morgan fingerprint density at radius 3 is 1.93 bits per heavy atom. The van der Waals surface area contributed by atoms with Crippen LogP contribution in [0.15, 0.2) is 63.8 Å². The Morgan fingerprint density at radius 2 is 1.44 bits per heavy atom. The molecule has 1 aromatic heterocycles. The van der Waals surface area contributed by atoms with Crippen LogP contribution in [0, 0.1) is 0 Å². The second kappa shape index (κ2) is 10.1. The number of rotatable bonds is 9. The maximum atomic E-state index is 4.33. The lowest BCUT2D eigenvalue weighted by Gasteiger charge is -2.09. The summed E-state index contributed by atoms with van der Waals surface area (Å²) in [5.41, 5.74) is 5.19. The molecule has 0 radical (unpaired) electrons. The Morgan fingerprint density at radius 1 is 0.926 bits per heavy atom. The highest BCUT2D eigenvalue weighted by atomic mass is 32.2. The molecular weight excluding hydrogens is 388 g/mol. The molecule has 0 aliphatic carbocycles. The van der Waals surface area contributed by atoms with Crippen LogP contribution in [0.25, 0.3) is 6.08 Å². The van der Waals surface area contributed by atoms with Crippen molar-refractivity contribution in [3.63, 3.8) is 0 Å². The van der Waals surface area contributed by atoms with Crippen LogP contribution in [0.5, 0.6) is 0 Å². The van der Waals surface area contributed by atoms with Crippen LogP contribution >= 0.6 is 34.9 Å². The molecule has 0 aliphatic rings. The molecule has 3 rings (SSSR count). The maximum Gasteiger partial charge on any atom is 0.175 e. The van der Waals surface area contributed by atoms with Crippen molar-refractivity contribution in [1.82, 2.24) is 10.2 Å². The molecule has 1 unspecified atom stereocenters. The molecule has 1 atom stereocenters. The minimum atomic E-state index is 0.627. The zero-order valence-electron chi connectivity index (χ0n) is 15.7. The number of benzene rings is 2. The third-order valence-corrected chi connectivity index (χ3v) is 7.82. The topological polar surface area (TPSA) is 25.8 Å². The fourth-order valence-electron chi connectivity index (χ4n) is 2.53. The fraction of sp³-hybridized carbons (Fsp3) is 0.273. The third-order valence-electron chi connectivity index (χ3n) is 4.49. The lowest BCUT2D eigenvalue weighted by molar-refractivity contribution is 0.733. The number of thioether (sulfide) groups is 2. The van der Waals surface area contributed by atoms with E-state index < -0.39 is 0 Å². The standard InChI is InChI=1S/C22H24N2S3/c1-4-16(3)20-12-10-19(11-13-20)15-26-22-24-23-21(27-22)25-14-18-8-6-17(5-2)7-9-18/h5-13,16H,2,4,14-15H2,1,3H3. The van der Waals surface area contributed by atoms with Crippen LogP contribution in [-0.2, 0) is 11.5 Å². The van der Waals surface area contributed by atoms with Gasteiger partial charge in [0.2, 0.25) is 0 Å². The first-order chi connectivity index (χ1) is 13.2. The van der Waals surface area contributed by atoms with E-state index in [1.807, 2.05) is 6.08 Å². The van der Waals surface area contributed by atoms with E-state index in [9.17, 15) is 0 Å². The van der Waals surface area contributed by atoms with Gasteiger partial charge in [0.05, 0.1) is 0 Å². The average molecular weight is 413 g/mol. The highest BCUT2D eigenvalue weighted by Gasteiger charge is 2.07. The summed E-state index contributed by atoms with van der Waals surface area (Å²) in [6.07, 6.45) is 3.04. The molecule has 0 bridgehead atoms. The predicted octanol–water partition coefficient (Wildman–Crippen LogP) is 7.28. The van der Waals surface area contributed by atoms with Gasteiger partial charge in [-0.05, 0) is 34.6 Å². The first-order valence-corrected chi connectivity index (χ1v) is 11.9. The third kappa shape index (κ3) is 5.96. The van der Waals surface area contributed by atoms with E-state index in [4.69, 9.17) is 0 Å². The Kier molecular flexibility index (Phi) is 7.56. The molecule has 0 amide bonds. The van der Waals surface area contributed by atoms with Gasteiger partial charge in [0.25, 0.3) is 0 Å². The van der Waals surface area contributed by atoms with Crippen LogP contribution in [-0.4, -0.2) is 10.2 Å². The van der Waals surface area contributed by atoms with Gasteiger partial charge in [-0.2, -0.15) is 0 Å². The summed E-state index contributed by atoms with van der Waals surface area (Å²) >= 11 is 5.18. The predicted molar refractivity (Wildman–Crippen MR) is 121 cm³/mol. The van der Waals surface area contributed by atoms with E-state index in [-0.39, 0.29) is 0 Å². The van der Waals surface area contributed by atoms with E-state index in [1.165, 1.54) is 23.1 Å². The van der Waals surface area contributed by atoms with Crippen molar-refractivity contribution in [2.75, 3.05) is 0 Å². The smallest absolute Gasteiger partial charge is 0.131 e. The lowest BCUT2D eigenvalue weighted by atomic mass is 9.98. The van der Waals surface area contributed by atoms with Gasteiger partial charge in [-0.1, -0.05) is 110 Å². The van der Waals surface area contributed by atoms with Gasteiger partial charge >= 0.3 is 0 Å². The quantitative estimate of drug-likeness (QED) is 0.345. The molecule has 5 heteroatoms. The van der Waals surface area contributed by atoms with Gasteiger partial charge in [-0.3, -0.25) is 0 Å². The molecule has 0 fully saturated rings. The summed E-state index contributed by atoms with van der Waals surface area (Å²) in [4.78, 5) is 0. The molecule has 0 N–H and O–H groups in total. The Balaban J connectivity index is 1.49. The van der Waals surface area contributed by atoms with Crippen molar-refractivity contribution < 1.29 is 0 Å². The normalized spacial score (nSPS) is 12.1. The highest BCUT2D eigenvalue weighted by Crippen LogP contribution is 2.32. The fourth-order valence-corrected chi connectivity index (χ4v) is 5.46. The SMILES string of the molecule is C=Cc1ccc(CSc2nnc(SCc3ccc(C(C)CC)cc3)s2)cc1. The zero-order chi connectivity index (χ0) is 19.1. The first-order valence-electron chi connectivity index (χ1n) is 9.07. The largest absolute Gasteiger partial charge is 0.175 e. The Labute approximate surface area is 174 Å². The molecule has 0 spiro atoms. The van der Waals surface area contributed by atoms with E-state index in [0.717, 1.165) is 25.7 Å². The van der Waals surface area contributed by atoms with E-state index in [0.29, 0.717) is 5.92 Å². The molecule has 0 aliphatic heterocycles. The van der Waals surface area contributed by atoms with E-state index >= 15 is 0 Å². The van der Waals surface area contributed by atoms with Crippen LogP contribution in [0.1, 0.15) is 48.4 Å². The van der Waals surface area contributed by atoms with Gasteiger partial charge < -0.3 is 0 Å². The van der Waals surface area contributed by atoms with Crippen molar-refractivity contribution in [1.29, 1.82) is 0 Å². The van der Waals surface area contributed by atoms with Gasteiger partial charge in [-0.25, -0.2) is 0 Å². The van der Waals surface area contributed by atoms with Gasteiger partial charge in [0.1, 0.15) is 0 Å². The summed E-state index contributed by atoms with van der Waals surface area (Å²) in [5.74, 6) is 2.47. The molecule has 27 heavy (non-hydrogen) atoms. The van der Waals surface area contributed by atoms with Crippen molar-refractivity contribution in [3.05, 3.63) is 77.4 Å². The number of hydrogen-bond donors (Lipinski definition) is 0. The molecule has 0 saturated heterocycles. The van der Waals surface area contributed by atoms with Gasteiger partial charge in [0.15, 0.2) is 8.68 Å². The Bertz CT molecular complexity index is 854. The summed E-state index contributed by atoms with van der Waals surface area (Å²) < 4.78 is 2.06.